The monoisotopic (exact) mass is 392 g/mol. The van der Waals surface area contributed by atoms with Gasteiger partial charge in [-0.25, -0.2) is 0 Å². The first kappa shape index (κ1) is 19.6. The number of fused-ring (bicyclic) bond motifs is 1. The molecule has 1 heterocycles. The van der Waals surface area contributed by atoms with Crippen LogP contribution in [-0.2, 0) is 16.1 Å². The molecule has 29 heavy (non-hydrogen) atoms. The van der Waals surface area contributed by atoms with Gasteiger partial charge >= 0.3 is 0 Å². The Kier molecular flexibility index (Phi) is 5.41. The summed E-state index contributed by atoms with van der Waals surface area (Å²) in [5.41, 5.74) is 4.09. The number of quaternary nitrogens is 1. The Bertz CT molecular complexity index is 903. The van der Waals surface area contributed by atoms with E-state index in [0.29, 0.717) is 17.6 Å². The summed E-state index contributed by atoms with van der Waals surface area (Å²) < 4.78 is 0. The zero-order valence-electron chi connectivity index (χ0n) is 17.4. The van der Waals surface area contributed by atoms with Crippen LogP contribution in [0.4, 0.5) is 11.4 Å². The van der Waals surface area contributed by atoms with E-state index in [0.717, 1.165) is 25.1 Å². The second-order valence-corrected chi connectivity index (χ2v) is 8.63. The predicted octanol–water partition coefficient (Wildman–Crippen LogP) is 2.73. The number of nitrogens with one attached hydrogen (secondary N) is 2. The SMILES string of the molecule is CC(C)c1ccc(C[NH+](C2CC2)[C@H](C)C(=O)N2CC(=O)Nc3ccccc32)cc1. The smallest absolute Gasteiger partial charge is 0.285 e. The van der Waals surface area contributed by atoms with Crippen molar-refractivity contribution >= 4 is 23.2 Å². The summed E-state index contributed by atoms with van der Waals surface area (Å²) in [7, 11) is 0. The van der Waals surface area contributed by atoms with Crippen LogP contribution < -0.4 is 15.1 Å². The number of carbonyl (C=O) groups is 2. The van der Waals surface area contributed by atoms with Crippen molar-refractivity contribution in [2.45, 2.75) is 58.2 Å². The summed E-state index contributed by atoms with van der Waals surface area (Å²) >= 11 is 0. The van der Waals surface area contributed by atoms with Gasteiger partial charge in [0, 0.05) is 18.4 Å². The van der Waals surface area contributed by atoms with Gasteiger partial charge in [-0.2, -0.15) is 0 Å². The normalized spacial score (nSPS) is 18.2. The van der Waals surface area contributed by atoms with E-state index < -0.39 is 0 Å². The number of para-hydroxylation sites is 2. The lowest BCUT2D eigenvalue weighted by molar-refractivity contribution is -0.938. The Labute approximate surface area is 172 Å². The van der Waals surface area contributed by atoms with E-state index in [1.165, 1.54) is 16.0 Å². The molecule has 2 amide bonds. The van der Waals surface area contributed by atoms with Gasteiger partial charge in [0.05, 0.1) is 17.4 Å². The van der Waals surface area contributed by atoms with E-state index in [2.05, 4.69) is 43.4 Å². The Hall–Kier alpha value is -2.66. The quantitative estimate of drug-likeness (QED) is 0.794. The lowest BCUT2D eigenvalue weighted by atomic mass is 10.0. The van der Waals surface area contributed by atoms with E-state index >= 15 is 0 Å². The van der Waals surface area contributed by atoms with Gasteiger partial charge in [-0.3, -0.25) is 14.5 Å². The highest BCUT2D eigenvalue weighted by atomic mass is 16.2. The summed E-state index contributed by atoms with van der Waals surface area (Å²) in [5.74, 6) is 0.399. The highest BCUT2D eigenvalue weighted by molar-refractivity contribution is 6.10. The molecule has 1 fully saturated rings. The van der Waals surface area contributed by atoms with Crippen LogP contribution in [0.1, 0.15) is 50.7 Å². The van der Waals surface area contributed by atoms with Crippen LogP contribution in [0.15, 0.2) is 48.5 Å². The highest BCUT2D eigenvalue weighted by Crippen LogP contribution is 2.29. The first-order valence-corrected chi connectivity index (χ1v) is 10.6. The minimum absolute atomic E-state index is 0.0213. The average molecular weight is 393 g/mol. The molecule has 2 N–H and O–H groups in total. The van der Waals surface area contributed by atoms with Crippen molar-refractivity contribution in [3.8, 4) is 0 Å². The molecule has 5 nitrogen and oxygen atoms in total. The van der Waals surface area contributed by atoms with Crippen molar-refractivity contribution in [1.29, 1.82) is 0 Å². The van der Waals surface area contributed by atoms with Gasteiger partial charge in [0.2, 0.25) is 5.91 Å². The number of nitrogens with zero attached hydrogens (tertiary/aromatic N) is 1. The molecule has 152 valence electrons. The van der Waals surface area contributed by atoms with Gasteiger partial charge in [0.15, 0.2) is 6.04 Å². The maximum Gasteiger partial charge on any atom is 0.285 e. The molecular formula is C24H30N3O2+. The first-order chi connectivity index (χ1) is 13.9. The fourth-order valence-electron chi connectivity index (χ4n) is 4.18. The third kappa shape index (κ3) is 4.20. The Balaban J connectivity index is 1.54. The molecule has 1 unspecified atom stereocenters. The maximum absolute atomic E-state index is 13.4. The molecule has 0 saturated heterocycles. The fourth-order valence-corrected chi connectivity index (χ4v) is 4.18. The Morgan fingerprint density at radius 2 is 1.79 bits per heavy atom. The van der Waals surface area contributed by atoms with Crippen LogP contribution in [0.3, 0.4) is 0 Å². The lowest BCUT2D eigenvalue weighted by Crippen LogP contribution is -3.16. The zero-order chi connectivity index (χ0) is 20.5. The summed E-state index contributed by atoms with van der Waals surface area (Å²) in [6.07, 6.45) is 2.32. The Morgan fingerprint density at radius 3 is 2.45 bits per heavy atom. The molecule has 0 aromatic heterocycles. The average Bonchev–Trinajstić information content (AvgIpc) is 3.55. The highest BCUT2D eigenvalue weighted by Gasteiger charge is 2.42. The van der Waals surface area contributed by atoms with E-state index in [1.54, 1.807) is 4.90 Å². The molecule has 2 aromatic carbocycles. The van der Waals surface area contributed by atoms with Crippen LogP contribution in [0.5, 0.6) is 0 Å². The van der Waals surface area contributed by atoms with Crippen molar-refractivity contribution in [1.82, 2.24) is 0 Å². The minimum Gasteiger partial charge on any atom is -0.323 e. The van der Waals surface area contributed by atoms with Crippen LogP contribution in [-0.4, -0.2) is 30.4 Å². The number of hydrogen-bond donors (Lipinski definition) is 2. The number of benzene rings is 2. The van der Waals surface area contributed by atoms with E-state index in [-0.39, 0.29) is 24.4 Å². The molecule has 2 atom stereocenters. The van der Waals surface area contributed by atoms with Crippen LogP contribution in [0.2, 0.25) is 0 Å². The molecule has 1 aliphatic carbocycles. The number of amides is 2. The number of rotatable bonds is 6. The fraction of sp³-hybridized carbons (Fsp3) is 0.417. The third-order valence-electron chi connectivity index (χ3n) is 6.12. The predicted molar refractivity (Wildman–Crippen MR) is 115 cm³/mol. The molecule has 4 rings (SSSR count). The van der Waals surface area contributed by atoms with Gasteiger partial charge in [0.25, 0.3) is 5.91 Å². The summed E-state index contributed by atoms with van der Waals surface area (Å²) in [4.78, 5) is 28.5. The molecule has 1 aliphatic heterocycles. The summed E-state index contributed by atoms with van der Waals surface area (Å²) in [5, 5.41) is 2.86. The van der Waals surface area contributed by atoms with Gasteiger partial charge < -0.3 is 10.2 Å². The summed E-state index contributed by atoms with van der Waals surface area (Å²) in [6, 6.07) is 16.6. The molecule has 0 bridgehead atoms. The molecule has 2 aromatic rings. The van der Waals surface area contributed by atoms with Crippen LogP contribution >= 0.6 is 0 Å². The van der Waals surface area contributed by atoms with Crippen molar-refractivity contribution in [3.05, 3.63) is 59.7 Å². The lowest BCUT2D eigenvalue weighted by Gasteiger charge is -2.33. The van der Waals surface area contributed by atoms with Crippen LogP contribution in [0, 0.1) is 0 Å². The van der Waals surface area contributed by atoms with Crippen molar-refractivity contribution in [3.63, 3.8) is 0 Å². The van der Waals surface area contributed by atoms with Gasteiger partial charge in [0.1, 0.15) is 13.1 Å². The minimum atomic E-state index is -0.203. The third-order valence-corrected chi connectivity index (χ3v) is 6.12. The van der Waals surface area contributed by atoms with Crippen molar-refractivity contribution < 1.29 is 14.5 Å². The molecule has 5 heteroatoms. The molecule has 2 aliphatic rings. The molecular weight excluding hydrogens is 362 g/mol. The second-order valence-electron chi connectivity index (χ2n) is 8.63. The molecule has 0 radical (unpaired) electrons. The maximum atomic E-state index is 13.4. The van der Waals surface area contributed by atoms with Gasteiger partial charge in [-0.05, 0) is 30.5 Å². The largest absolute Gasteiger partial charge is 0.323 e. The van der Waals surface area contributed by atoms with E-state index in [1.807, 2.05) is 31.2 Å². The van der Waals surface area contributed by atoms with E-state index in [4.69, 9.17) is 0 Å². The Morgan fingerprint density at radius 1 is 1.10 bits per heavy atom. The zero-order valence-corrected chi connectivity index (χ0v) is 17.4. The molecule has 0 spiro atoms. The molecule has 1 saturated carbocycles. The first-order valence-electron chi connectivity index (χ1n) is 10.6. The van der Waals surface area contributed by atoms with E-state index in [9.17, 15) is 9.59 Å². The topological polar surface area (TPSA) is 53.9 Å². The van der Waals surface area contributed by atoms with Crippen molar-refractivity contribution in [2.75, 3.05) is 16.8 Å². The second kappa shape index (κ2) is 7.99. The van der Waals surface area contributed by atoms with Crippen LogP contribution in [0.25, 0.3) is 0 Å². The number of anilines is 2. The van der Waals surface area contributed by atoms with Gasteiger partial charge in [-0.1, -0.05) is 50.2 Å². The summed E-state index contributed by atoms with van der Waals surface area (Å²) in [6.45, 7) is 7.32. The van der Waals surface area contributed by atoms with Crippen molar-refractivity contribution in [2.24, 2.45) is 0 Å². The number of hydrogen-bond acceptors (Lipinski definition) is 2. The van der Waals surface area contributed by atoms with Gasteiger partial charge in [-0.15, -0.1) is 0 Å². The number of carbonyl (C=O) groups excluding carboxylic acids is 2. The standard InChI is InChI=1S/C24H29N3O2/c1-16(2)19-10-8-18(9-11-19)14-26(20-12-13-20)17(3)24(29)27-15-23(28)25-21-6-4-5-7-22(21)27/h4-11,16-17,20H,12-15H2,1-3H3,(H,25,28)/p+1/t17-/m1/s1.